The molecule has 0 spiro atoms. The van der Waals surface area contributed by atoms with Gasteiger partial charge in [-0.3, -0.25) is 9.59 Å². The Hall–Kier alpha value is -1.48. The van der Waals surface area contributed by atoms with E-state index in [1.807, 2.05) is 0 Å². The van der Waals surface area contributed by atoms with Gasteiger partial charge >= 0.3 is 5.97 Å². The number of rotatable bonds is 34. The van der Waals surface area contributed by atoms with Crippen molar-refractivity contribution >= 4 is 11.9 Å². The topological polar surface area (TPSA) is 114 Å². The van der Waals surface area contributed by atoms with Crippen LogP contribution in [-0.2, 0) is 23.8 Å². The summed E-state index contributed by atoms with van der Waals surface area (Å²) in [7, 11) is 0. The first-order valence-corrected chi connectivity index (χ1v) is 20.6. The monoisotopic (exact) mass is 696 g/mol. The van der Waals surface area contributed by atoms with E-state index in [1.165, 1.54) is 128 Å². The summed E-state index contributed by atoms with van der Waals surface area (Å²) in [4.78, 5) is 25.9. The van der Waals surface area contributed by atoms with Crippen LogP contribution in [0.1, 0.15) is 194 Å². The quantitative estimate of drug-likeness (QED) is 0.0349. The minimum Gasteiger partial charge on any atom is -0.457 e. The van der Waals surface area contributed by atoms with Crippen LogP contribution in [-0.4, -0.2) is 65.9 Å². The molecular weight excluding hydrogens is 618 g/mol. The lowest BCUT2D eigenvalue weighted by Crippen LogP contribution is -2.65. The molecule has 1 saturated heterocycles. The van der Waals surface area contributed by atoms with Gasteiger partial charge in [-0.05, 0) is 12.8 Å². The normalized spacial score (nSPS) is 20.7. The number of amides is 1. The molecule has 1 fully saturated rings. The van der Waals surface area contributed by atoms with Crippen LogP contribution in [0.4, 0.5) is 0 Å². The third-order valence-electron chi connectivity index (χ3n) is 9.82. The number of aliphatic hydroxyl groups is 2. The lowest BCUT2D eigenvalue weighted by Gasteiger charge is -2.43. The van der Waals surface area contributed by atoms with E-state index < -0.39 is 43.2 Å². The molecule has 49 heavy (non-hydrogen) atoms. The van der Waals surface area contributed by atoms with Gasteiger partial charge in [0.15, 0.2) is 12.4 Å². The highest BCUT2D eigenvalue weighted by Gasteiger charge is 2.48. The average Bonchev–Trinajstić information content (AvgIpc) is 3.10. The summed E-state index contributed by atoms with van der Waals surface area (Å²) in [6.07, 6.45) is 29.6. The van der Waals surface area contributed by atoms with E-state index in [1.54, 1.807) is 6.08 Å². The Morgan fingerprint density at radius 1 is 0.673 bits per heavy atom. The van der Waals surface area contributed by atoms with Crippen LogP contribution >= 0.6 is 0 Å². The van der Waals surface area contributed by atoms with Gasteiger partial charge in [-0.25, -0.2) is 0 Å². The Morgan fingerprint density at radius 3 is 1.49 bits per heavy atom. The van der Waals surface area contributed by atoms with Gasteiger partial charge < -0.3 is 29.7 Å². The Balaban J connectivity index is 2.41. The summed E-state index contributed by atoms with van der Waals surface area (Å²) in [5.74, 6) is -0.625. The SMILES string of the molecule is C=CCO[C@H]1O[C@H](CO)[C@@H](O)[C@H](OC(=O)CCCCCCCCCCCCCCC)[C@@H]1NC(=O)CCCCCCCCCCCCCCC. The summed E-state index contributed by atoms with van der Waals surface area (Å²) in [6, 6.07) is -0.900. The molecule has 1 rings (SSSR count). The fourth-order valence-corrected chi connectivity index (χ4v) is 6.73. The smallest absolute Gasteiger partial charge is 0.306 e. The van der Waals surface area contributed by atoms with Crippen LogP contribution in [0.15, 0.2) is 12.7 Å². The molecule has 0 aromatic carbocycles. The molecule has 8 heteroatoms. The maximum absolute atomic E-state index is 13.0. The van der Waals surface area contributed by atoms with E-state index >= 15 is 0 Å². The molecule has 8 nitrogen and oxygen atoms in total. The van der Waals surface area contributed by atoms with Crippen molar-refractivity contribution in [3.8, 4) is 0 Å². The molecule has 0 radical (unpaired) electrons. The second-order valence-electron chi connectivity index (χ2n) is 14.4. The van der Waals surface area contributed by atoms with Crippen molar-refractivity contribution in [3.05, 3.63) is 12.7 Å². The van der Waals surface area contributed by atoms with Crippen molar-refractivity contribution in [3.63, 3.8) is 0 Å². The van der Waals surface area contributed by atoms with Crippen molar-refractivity contribution in [1.82, 2.24) is 5.32 Å². The number of carbonyl (C=O) groups is 2. The van der Waals surface area contributed by atoms with E-state index in [0.29, 0.717) is 12.8 Å². The average molecular weight is 696 g/mol. The number of carbonyl (C=O) groups excluding carboxylic acids is 2. The molecule has 0 aromatic rings. The summed E-state index contributed by atoms with van der Waals surface area (Å²) in [5, 5.41) is 23.8. The molecule has 3 N–H and O–H groups in total. The lowest BCUT2D eigenvalue weighted by molar-refractivity contribution is -0.271. The predicted molar refractivity (Wildman–Crippen MR) is 200 cm³/mol. The molecule has 1 aliphatic rings. The number of hydrogen-bond donors (Lipinski definition) is 3. The van der Waals surface area contributed by atoms with Gasteiger partial charge in [-0.2, -0.15) is 0 Å². The van der Waals surface area contributed by atoms with Gasteiger partial charge in [0.1, 0.15) is 18.2 Å². The summed E-state index contributed by atoms with van der Waals surface area (Å²) in [5.41, 5.74) is 0. The molecule has 0 saturated carbocycles. The lowest BCUT2D eigenvalue weighted by atomic mass is 9.96. The van der Waals surface area contributed by atoms with E-state index in [0.717, 1.165) is 32.1 Å². The zero-order valence-electron chi connectivity index (χ0n) is 31.8. The van der Waals surface area contributed by atoms with Crippen LogP contribution < -0.4 is 5.32 Å². The van der Waals surface area contributed by atoms with Gasteiger partial charge in [0.05, 0.1) is 13.2 Å². The molecule has 288 valence electrons. The van der Waals surface area contributed by atoms with Gasteiger partial charge in [0.25, 0.3) is 0 Å². The maximum atomic E-state index is 13.0. The highest BCUT2D eigenvalue weighted by Crippen LogP contribution is 2.26. The summed E-state index contributed by atoms with van der Waals surface area (Å²) >= 11 is 0. The van der Waals surface area contributed by atoms with Crippen molar-refractivity contribution in [2.24, 2.45) is 0 Å². The minimum absolute atomic E-state index is 0.143. The molecule has 0 aromatic heterocycles. The second-order valence-corrected chi connectivity index (χ2v) is 14.4. The molecule has 0 bridgehead atoms. The Labute approximate surface area is 300 Å². The highest BCUT2D eigenvalue weighted by molar-refractivity contribution is 5.76. The van der Waals surface area contributed by atoms with Crippen LogP contribution in [0.2, 0.25) is 0 Å². The van der Waals surface area contributed by atoms with Crippen LogP contribution in [0.25, 0.3) is 0 Å². The number of ether oxygens (including phenoxy) is 3. The van der Waals surface area contributed by atoms with Crippen LogP contribution in [0.3, 0.4) is 0 Å². The highest BCUT2D eigenvalue weighted by atomic mass is 16.7. The Kier molecular flexibility index (Phi) is 30.1. The number of hydrogen-bond acceptors (Lipinski definition) is 7. The summed E-state index contributed by atoms with van der Waals surface area (Å²) in [6.45, 7) is 7.86. The van der Waals surface area contributed by atoms with E-state index in [9.17, 15) is 19.8 Å². The molecule has 5 atom stereocenters. The largest absolute Gasteiger partial charge is 0.457 e. The molecular formula is C41H77NO7. The third kappa shape index (κ3) is 23.6. The second kappa shape index (κ2) is 32.4. The Bertz CT molecular complexity index is 794. The zero-order valence-corrected chi connectivity index (χ0v) is 31.8. The fourth-order valence-electron chi connectivity index (χ4n) is 6.73. The van der Waals surface area contributed by atoms with Crippen molar-refractivity contribution in [1.29, 1.82) is 0 Å². The van der Waals surface area contributed by atoms with Crippen molar-refractivity contribution in [2.75, 3.05) is 13.2 Å². The van der Waals surface area contributed by atoms with Gasteiger partial charge in [-0.1, -0.05) is 174 Å². The van der Waals surface area contributed by atoms with Crippen molar-refractivity contribution in [2.45, 2.75) is 224 Å². The van der Waals surface area contributed by atoms with Gasteiger partial charge in [0, 0.05) is 12.8 Å². The minimum atomic E-state index is -1.30. The molecule has 1 amide bonds. The Morgan fingerprint density at radius 2 is 1.08 bits per heavy atom. The number of nitrogens with one attached hydrogen (secondary N) is 1. The van der Waals surface area contributed by atoms with E-state index in [4.69, 9.17) is 14.2 Å². The number of unbranched alkanes of at least 4 members (excludes halogenated alkanes) is 24. The zero-order chi connectivity index (χ0) is 35.8. The van der Waals surface area contributed by atoms with Gasteiger partial charge in [-0.15, -0.1) is 6.58 Å². The van der Waals surface area contributed by atoms with E-state index in [-0.39, 0.29) is 18.9 Å². The number of aliphatic hydroxyl groups excluding tert-OH is 2. The van der Waals surface area contributed by atoms with Gasteiger partial charge in [0.2, 0.25) is 5.91 Å². The molecule has 1 aliphatic heterocycles. The maximum Gasteiger partial charge on any atom is 0.306 e. The van der Waals surface area contributed by atoms with Crippen molar-refractivity contribution < 1.29 is 34.0 Å². The predicted octanol–water partition coefficient (Wildman–Crippen LogP) is 9.63. The van der Waals surface area contributed by atoms with Crippen LogP contribution in [0, 0.1) is 0 Å². The number of esters is 1. The van der Waals surface area contributed by atoms with Crippen LogP contribution in [0.5, 0.6) is 0 Å². The third-order valence-corrected chi connectivity index (χ3v) is 9.82. The summed E-state index contributed by atoms with van der Waals surface area (Å²) < 4.78 is 17.4. The first-order chi connectivity index (χ1) is 24.0. The molecule has 1 heterocycles. The molecule has 0 unspecified atom stereocenters. The fraction of sp³-hybridized carbons (Fsp3) is 0.902. The first kappa shape index (κ1) is 45.5. The molecule has 0 aliphatic carbocycles. The standard InChI is InChI=1S/C41H77NO7/c1-4-7-9-11-13-15-17-19-21-23-25-27-29-31-36(44)42-38-40(39(46)35(34-43)48-41(38)47-33-6-3)49-37(45)32-30-28-26-24-22-20-18-16-14-12-10-8-5-2/h6,35,38-41,43,46H,3-5,7-34H2,1-2H3,(H,42,44)/t35-,38+,39-,40-,41+/m1/s1. The van der Waals surface area contributed by atoms with E-state index in [2.05, 4.69) is 25.7 Å². The first-order valence-electron chi connectivity index (χ1n) is 20.6.